The molecular formula is C36H64N2O6S4. The minimum Gasteiger partial charge on any atom is -0.381 e. The fourth-order valence-electron chi connectivity index (χ4n) is 6.61. The Balaban J connectivity index is 1.65. The quantitative estimate of drug-likeness (QED) is 0.0334. The first-order valence-corrected chi connectivity index (χ1v) is 23.4. The summed E-state index contributed by atoms with van der Waals surface area (Å²) in [7, 11) is 6.05. The van der Waals surface area contributed by atoms with E-state index in [2.05, 4.69) is 0 Å². The molecule has 12 heteroatoms. The van der Waals surface area contributed by atoms with Crippen LogP contribution in [0.15, 0.2) is 22.5 Å². The zero-order valence-corrected chi connectivity index (χ0v) is 33.3. The van der Waals surface area contributed by atoms with Gasteiger partial charge in [-0.1, -0.05) is 94.5 Å². The molecule has 278 valence electrons. The van der Waals surface area contributed by atoms with Crippen LogP contribution in [0, 0.1) is 0 Å². The maximum atomic E-state index is 12.0. The van der Waals surface area contributed by atoms with Crippen molar-refractivity contribution in [2.75, 3.05) is 38.8 Å². The topological polar surface area (TPSA) is 99.5 Å². The summed E-state index contributed by atoms with van der Waals surface area (Å²) in [5, 5.41) is 20.9. The van der Waals surface area contributed by atoms with Gasteiger partial charge in [-0.25, -0.2) is 0 Å². The molecule has 2 saturated heterocycles. The predicted octanol–water partition coefficient (Wildman–Crippen LogP) is 8.93. The molecule has 0 aromatic rings. The third kappa shape index (κ3) is 18.2. The molecule has 0 aromatic carbocycles. The first-order valence-electron chi connectivity index (χ1n) is 18.1. The van der Waals surface area contributed by atoms with Gasteiger partial charge in [0, 0.05) is 50.5 Å². The maximum absolute atomic E-state index is 12.0. The highest BCUT2D eigenvalue weighted by Gasteiger charge is 2.23. The average molecular weight is 749 g/mol. The van der Waals surface area contributed by atoms with Crippen LogP contribution in [0.3, 0.4) is 0 Å². The van der Waals surface area contributed by atoms with Crippen LogP contribution < -0.4 is 0 Å². The van der Waals surface area contributed by atoms with Crippen molar-refractivity contribution in [3.05, 3.63) is 22.5 Å². The van der Waals surface area contributed by atoms with E-state index in [4.69, 9.17) is 9.47 Å². The lowest BCUT2D eigenvalue weighted by molar-refractivity contribution is -0.117. The Morgan fingerprint density at radius 2 is 1.02 bits per heavy atom. The van der Waals surface area contributed by atoms with Crippen LogP contribution in [0.5, 0.6) is 0 Å². The zero-order valence-electron chi connectivity index (χ0n) is 30.1. The highest BCUT2D eigenvalue weighted by molar-refractivity contribution is 8.76. The molecule has 0 radical (unpaired) electrons. The number of nitrogens with zero attached hydrogens (tertiary/aromatic N) is 2. The van der Waals surface area contributed by atoms with Crippen molar-refractivity contribution in [3.8, 4) is 0 Å². The maximum Gasteiger partial charge on any atom is 0.213 e. The Bertz CT molecular complexity index is 869. The first kappa shape index (κ1) is 43.8. The summed E-state index contributed by atoms with van der Waals surface area (Å²) in [4.78, 5) is 27.7. The third-order valence-corrected chi connectivity index (χ3v) is 13.1. The SMILES string of the molecule is CSSC(O)CC(CC1CCCO1)=C(C)N(C=O)CCCCCCCCCCCCN(C=O)C(C)=C(CC1CCCO1)CC(O)SSC. The molecule has 2 N–H and O–H groups in total. The van der Waals surface area contributed by atoms with E-state index in [1.165, 1.54) is 60.1 Å². The van der Waals surface area contributed by atoms with E-state index in [0.717, 1.165) is 126 Å². The summed E-state index contributed by atoms with van der Waals surface area (Å²) >= 11 is 0. The number of amides is 2. The number of aliphatic hydroxyl groups excluding tert-OH is 2. The van der Waals surface area contributed by atoms with Gasteiger partial charge in [-0.3, -0.25) is 9.59 Å². The second-order valence-electron chi connectivity index (χ2n) is 13.0. The summed E-state index contributed by atoms with van der Waals surface area (Å²) < 4.78 is 11.7. The van der Waals surface area contributed by atoms with Crippen molar-refractivity contribution in [3.63, 3.8) is 0 Å². The first-order chi connectivity index (χ1) is 23.3. The number of rotatable bonds is 29. The van der Waals surface area contributed by atoms with Crippen LogP contribution in [-0.4, -0.2) is 94.7 Å². The molecule has 2 fully saturated rings. The second-order valence-corrected chi connectivity index (χ2v) is 18.3. The number of hydrogen-bond acceptors (Lipinski definition) is 10. The predicted molar refractivity (Wildman–Crippen MR) is 208 cm³/mol. The highest BCUT2D eigenvalue weighted by Crippen LogP contribution is 2.33. The number of hydrogen-bond donors (Lipinski definition) is 2. The Kier molecular flexibility index (Phi) is 25.0. The number of allylic oxidation sites excluding steroid dienone is 2. The monoisotopic (exact) mass is 748 g/mol. The fourth-order valence-corrected chi connectivity index (χ4v) is 9.34. The molecule has 4 unspecified atom stereocenters. The molecule has 2 rings (SSSR count). The third-order valence-electron chi connectivity index (χ3n) is 9.44. The van der Waals surface area contributed by atoms with Crippen molar-refractivity contribution in [2.24, 2.45) is 0 Å². The summed E-state index contributed by atoms with van der Waals surface area (Å²) in [5.74, 6) is 0. The normalized spacial score (nSPS) is 20.3. The zero-order chi connectivity index (χ0) is 35.0. The smallest absolute Gasteiger partial charge is 0.213 e. The lowest BCUT2D eigenvalue weighted by Crippen LogP contribution is -2.24. The summed E-state index contributed by atoms with van der Waals surface area (Å²) in [5.41, 5.74) is 3.25. The molecule has 4 atom stereocenters. The van der Waals surface area contributed by atoms with E-state index in [9.17, 15) is 19.8 Å². The molecule has 0 aromatic heterocycles. The number of carbonyl (C=O) groups excluding carboxylic acids is 2. The molecular weight excluding hydrogens is 685 g/mol. The lowest BCUT2D eigenvalue weighted by Gasteiger charge is -2.25. The largest absolute Gasteiger partial charge is 0.381 e. The lowest BCUT2D eigenvalue weighted by atomic mass is 10.0. The van der Waals surface area contributed by atoms with E-state index in [1.807, 2.05) is 36.2 Å². The minimum absolute atomic E-state index is 0.192. The van der Waals surface area contributed by atoms with Crippen LogP contribution in [0.4, 0.5) is 0 Å². The standard InChI is InChI=1S/C36H64N2O6S4/c1-29(31(25-35(41)47-45-3)23-33-17-15-21-43-33)37(27-39)19-13-11-9-7-5-6-8-10-12-14-20-38(28-40)30(2)32(26-36(42)48-46-4)24-34-18-16-22-44-34/h27-28,33-36,41-42H,5-26H2,1-4H3. The van der Waals surface area contributed by atoms with Gasteiger partial charge in [0.05, 0.1) is 12.2 Å². The Hall–Kier alpha value is -0.340. The second kappa shape index (κ2) is 27.3. The van der Waals surface area contributed by atoms with Gasteiger partial charge in [-0.15, -0.1) is 0 Å². The van der Waals surface area contributed by atoms with Gasteiger partial charge >= 0.3 is 0 Å². The van der Waals surface area contributed by atoms with Crippen LogP contribution in [0.1, 0.15) is 129 Å². The van der Waals surface area contributed by atoms with Crippen molar-refractivity contribution in [1.82, 2.24) is 9.80 Å². The number of ether oxygens (including phenoxy) is 2. The van der Waals surface area contributed by atoms with Gasteiger partial charge in [0.25, 0.3) is 0 Å². The number of unbranched alkanes of at least 4 members (excludes halogenated alkanes) is 9. The number of aliphatic hydroxyl groups is 2. The van der Waals surface area contributed by atoms with Crippen molar-refractivity contribution < 1.29 is 29.3 Å². The Labute approximate surface area is 307 Å². The van der Waals surface area contributed by atoms with Gasteiger partial charge in [0.1, 0.15) is 10.9 Å². The molecule has 8 nitrogen and oxygen atoms in total. The molecule has 0 aliphatic carbocycles. The molecule has 0 spiro atoms. The van der Waals surface area contributed by atoms with Crippen LogP contribution in [0.25, 0.3) is 0 Å². The van der Waals surface area contributed by atoms with Gasteiger partial charge in [-0.05, 0) is 88.9 Å². The van der Waals surface area contributed by atoms with Gasteiger partial charge < -0.3 is 29.5 Å². The van der Waals surface area contributed by atoms with Gasteiger partial charge in [0.15, 0.2) is 0 Å². The number of carbonyl (C=O) groups is 2. The summed E-state index contributed by atoms with van der Waals surface area (Å²) in [6.07, 6.45) is 24.6. The van der Waals surface area contributed by atoms with Crippen LogP contribution in [0.2, 0.25) is 0 Å². The average Bonchev–Trinajstić information content (AvgIpc) is 3.79. The summed E-state index contributed by atoms with van der Waals surface area (Å²) in [6.45, 7) is 7.08. The molecule has 2 amide bonds. The van der Waals surface area contributed by atoms with E-state index in [-0.39, 0.29) is 12.2 Å². The van der Waals surface area contributed by atoms with Gasteiger partial charge in [0.2, 0.25) is 12.8 Å². The minimum atomic E-state index is -0.484. The van der Waals surface area contributed by atoms with E-state index >= 15 is 0 Å². The van der Waals surface area contributed by atoms with Crippen molar-refractivity contribution in [2.45, 2.75) is 153 Å². The van der Waals surface area contributed by atoms with Crippen molar-refractivity contribution >= 4 is 56.0 Å². The van der Waals surface area contributed by atoms with E-state index < -0.39 is 10.9 Å². The Morgan fingerprint density at radius 1 is 0.667 bits per heavy atom. The van der Waals surface area contributed by atoms with Gasteiger partial charge in [-0.2, -0.15) is 0 Å². The van der Waals surface area contributed by atoms with Crippen molar-refractivity contribution in [1.29, 1.82) is 0 Å². The van der Waals surface area contributed by atoms with Crippen LogP contribution in [-0.2, 0) is 19.1 Å². The molecule has 0 saturated carbocycles. The summed E-state index contributed by atoms with van der Waals surface area (Å²) in [6, 6.07) is 0. The molecule has 48 heavy (non-hydrogen) atoms. The fraction of sp³-hybridized carbons (Fsp3) is 0.833. The Morgan fingerprint density at radius 3 is 1.31 bits per heavy atom. The van der Waals surface area contributed by atoms with Crippen LogP contribution >= 0.6 is 43.2 Å². The molecule has 0 bridgehead atoms. The molecule has 2 heterocycles. The van der Waals surface area contributed by atoms with E-state index in [0.29, 0.717) is 12.8 Å². The molecule has 2 aliphatic heterocycles. The highest BCUT2D eigenvalue weighted by atomic mass is 33.1. The van der Waals surface area contributed by atoms with E-state index in [1.54, 1.807) is 21.6 Å². The molecule has 2 aliphatic rings.